The van der Waals surface area contributed by atoms with Crippen molar-refractivity contribution < 1.29 is 22.3 Å². The number of hydrogen-bond acceptors (Lipinski definition) is 4. The van der Waals surface area contributed by atoms with Crippen molar-refractivity contribution in [1.82, 2.24) is 0 Å². The van der Waals surface area contributed by atoms with E-state index in [1.807, 2.05) is 6.92 Å². The van der Waals surface area contributed by atoms with Crippen molar-refractivity contribution in [2.24, 2.45) is 5.92 Å². The number of hydrogen-bond donors (Lipinski definition) is 1. The molecule has 0 saturated carbocycles. The zero-order valence-corrected chi connectivity index (χ0v) is 12.2. The molecule has 2 rings (SSSR count). The highest BCUT2D eigenvalue weighted by Crippen LogP contribution is 2.24. The molecule has 0 radical (unpaired) electrons. The lowest BCUT2D eigenvalue weighted by Crippen LogP contribution is -2.31. The van der Waals surface area contributed by atoms with Crippen LogP contribution in [0.1, 0.15) is 13.3 Å². The van der Waals surface area contributed by atoms with E-state index >= 15 is 0 Å². The number of benzene rings is 1. The van der Waals surface area contributed by atoms with Crippen molar-refractivity contribution in [3.63, 3.8) is 0 Å². The van der Waals surface area contributed by atoms with Crippen LogP contribution >= 0.6 is 10.7 Å². The van der Waals surface area contributed by atoms with Crippen LogP contribution in [-0.4, -0.2) is 27.0 Å². The lowest BCUT2D eigenvalue weighted by molar-refractivity contribution is -0.126. The van der Waals surface area contributed by atoms with Crippen LogP contribution in [0.25, 0.3) is 0 Å². The summed E-state index contributed by atoms with van der Waals surface area (Å²) in [6.45, 7) is 2.40. The second kappa shape index (κ2) is 5.67. The number of carbonyl (C=O) groups excluding carboxylic acids is 1. The third-order valence-electron chi connectivity index (χ3n) is 3.11. The number of carbonyl (C=O) groups is 1. The van der Waals surface area contributed by atoms with Gasteiger partial charge in [-0.2, -0.15) is 0 Å². The van der Waals surface area contributed by atoms with E-state index in [1.165, 1.54) is 6.07 Å². The van der Waals surface area contributed by atoms with Crippen molar-refractivity contribution in [3.05, 3.63) is 24.0 Å². The van der Waals surface area contributed by atoms with E-state index in [2.05, 4.69) is 5.32 Å². The lowest BCUT2D eigenvalue weighted by atomic mass is 10.0. The van der Waals surface area contributed by atoms with E-state index in [1.54, 1.807) is 0 Å². The molecule has 5 nitrogen and oxygen atoms in total. The molecule has 1 N–H and O–H groups in total. The molecule has 2 unspecified atom stereocenters. The SMILES string of the molecule is CC1CCOC1C(=O)Nc1ccc(S(=O)(=O)Cl)c(F)c1. The highest BCUT2D eigenvalue weighted by Gasteiger charge is 2.31. The van der Waals surface area contributed by atoms with E-state index < -0.39 is 25.9 Å². The predicted molar refractivity (Wildman–Crippen MR) is 71.6 cm³/mol. The molecule has 1 saturated heterocycles. The topological polar surface area (TPSA) is 72.5 Å². The van der Waals surface area contributed by atoms with E-state index in [4.69, 9.17) is 15.4 Å². The summed E-state index contributed by atoms with van der Waals surface area (Å²) in [5, 5.41) is 2.49. The number of anilines is 1. The Morgan fingerprint density at radius 3 is 2.70 bits per heavy atom. The van der Waals surface area contributed by atoms with Gasteiger partial charge in [0, 0.05) is 23.0 Å². The zero-order chi connectivity index (χ0) is 14.9. The molecule has 1 heterocycles. The maximum atomic E-state index is 13.6. The maximum Gasteiger partial charge on any atom is 0.264 e. The molecule has 1 amide bonds. The monoisotopic (exact) mass is 321 g/mol. The smallest absolute Gasteiger partial charge is 0.264 e. The Bertz CT molecular complexity index is 634. The largest absolute Gasteiger partial charge is 0.368 e. The van der Waals surface area contributed by atoms with Gasteiger partial charge in [-0.05, 0) is 30.5 Å². The van der Waals surface area contributed by atoms with Gasteiger partial charge in [-0.25, -0.2) is 12.8 Å². The Hall–Kier alpha value is -1.18. The van der Waals surface area contributed by atoms with Crippen LogP contribution in [0.2, 0.25) is 0 Å². The second-order valence-corrected chi connectivity index (χ2v) is 7.16. The summed E-state index contributed by atoms with van der Waals surface area (Å²) in [5.41, 5.74) is 0.152. The average molecular weight is 322 g/mol. The number of rotatable bonds is 3. The Balaban J connectivity index is 2.15. The molecule has 20 heavy (non-hydrogen) atoms. The van der Waals surface area contributed by atoms with Crippen LogP contribution in [0, 0.1) is 11.7 Å². The Labute approximate surface area is 120 Å². The van der Waals surface area contributed by atoms with Crippen LogP contribution in [0.3, 0.4) is 0 Å². The van der Waals surface area contributed by atoms with Crippen LogP contribution in [0.5, 0.6) is 0 Å². The quantitative estimate of drug-likeness (QED) is 0.865. The van der Waals surface area contributed by atoms with E-state index in [-0.39, 0.29) is 17.5 Å². The Kier molecular flexibility index (Phi) is 4.31. The predicted octanol–water partition coefficient (Wildman–Crippen LogP) is 2.12. The fraction of sp³-hybridized carbons (Fsp3) is 0.417. The molecule has 0 bridgehead atoms. The van der Waals surface area contributed by atoms with Crippen molar-refractivity contribution >= 4 is 31.3 Å². The summed E-state index contributed by atoms with van der Waals surface area (Å²) in [4.78, 5) is 11.3. The fourth-order valence-electron chi connectivity index (χ4n) is 2.02. The summed E-state index contributed by atoms with van der Waals surface area (Å²) >= 11 is 0. The summed E-state index contributed by atoms with van der Waals surface area (Å²) in [7, 11) is 0.926. The number of ether oxygens (including phenoxy) is 1. The molecule has 110 valence electrons. The van der Waals surface area contributed by atoms with Crippen LogP contribution in [0.4, 0.5) is 10.1 Å². The molecule has 0 aromatic heterocycles. The number of nitrogens with one attached hydrogen (secondary N) is 1. The summed E-state index contributed by atoms with van der Waals surface area (Å²) in [6.07, 6.45) is 0.213. The molecule has 8 heteroatoms. The highest BCUT2D eigenvalue weighted by atomic mass is 35.7. The second-order valence-electron chi connectivity index (χ2n) is 4.63. The Morgan fingerprint density at radius 2 is 2.20 bits per heavy atom. The molecule has 2 atom stereocenters. The summed E-state index contributed by atoms with van der Waals surface area (Å²) in [6, 6.07) is 3.19. The van der Waals surface area contributed by atoms with Gasteiger partial charge >= 0.3 is 0 Å². The zero-order valence-electron chi connectivity index (χ0n) is 10.6. The van der Waals surface area contributed by atoms with Gasteiger partial charge in [-0.15, -0.1) is 0 Å². The van der Waals surface area contributed by atoms with Crippen LogP contribution in [-0.2, 0) is 18.6 Å². The van der Waals surface area contributed by atoms with Crippen molar-refractivity contribution in [2.45, 2.75) is 24.3 Å². The molecule has 1 aromatic carbocycles. The standard InChI is InChI=1S/C12H13ClFNO4S/c1-7-4-5-19-11(7)12(16)15-8-2-3-10(9(14)6-8)20(13,17)18/h2-3,6-7,11H,4-5H2,1H3,(H,15,16). The van der Waals surface area contributed by atoms with Gasteiger partial charge in [0.25, 0.3) is 15.0 Å². The molecule has 0 spiro atoms. The molecule has 1 fully saturated rings. The van der Waals surface area contributed by atoms with E-state index in [9.17, 15) is 17.6 Å². The van der Waals surface area contributed by atoms with Gasteiger partial charge in [0.1, 0.15) is 16.8 Å². The van der Waals surface area contributed by atoms with Gasteiger partial charge in [0.2, 0.25) is 0 Å². The molecule has 1 aliphatic rings. The third-order valence-corrected chi connectivity index (χ3v) is 4.46. The number of halogens is 2. The van der Waals surface area contributed by atoms with E-state index in [0.29, 0.717) is 6.61 Å². The van der Waals surface area contributed by atoms with Crippen LogP contribution in [0.15, 0.2) is 23.1 Å². The summed E-state index contributed by atoms with van der Waals surface area (Å²) < 4.78 is 41.0. The maximum absolute atomic E-state index is 13.6. The van der Waals surface area contributed by atoms with Gasteiger partial charge in [0.05, 0.1) is 0 Å². The first-order chi connectivity index (χ1) is 9.29. The first kappa shape index (κ1) is 15.2. The molecular formula is C12H13ClFNO4S. The number of amides is 1. The van der Waals surface area contributed by atoms with Gasteiger partial charge in [-0.1, -0.05) is 6.92 Å². The molecule has 0 aliphatic carbocycles. The molecular weight excluding hydrogens is 309 g/mol. The minimum Gasteiger partial charge on any atom is -0.368 e. The third kappa shape index (κ3) is 3.28. The molecule has 1 aliphatic heterocycles. The summed E-state index contributed by atoms with van der Waals surface area (Å²) in [5.74, 6) is -1.31. The van der Waals surface area contributed by atoms with Crippen LogP contribution < -0.4 is 5.32 Å². The van der Waals surface area contributed by atoms with E-state index in [0.717, 1.165) is 18.6 Å². The van der Waals surface area contributed by atoms with Gasteiger partial charge in [-0.3, -0.25) is 4.79 Å². The van der Waals surface area contributed by atoms with Crippen molar-refractivity contribution in [1.29, 1.82) is 0 Å². The van der Waals surface area contributed by atoms with Crippen molar-refractivity contribution in [2.75, 3.05) is 11.9 Å². The fourth-order valence-corrected chi connectivity index (χ4v) is 2.92. The lowest BCUT2D eigenvalue weighted by Gasteiger charge is -2.14. The van der Waals surface area contributed by atoms with Crippen molar-refractivity contribution in [3.8, 4) is 0 Å². The normalized spacial score (nSPS) is 22.8. The first-order valence-electron chi connectivity index (χ1n) is 5.95. The average Bonchev–Trinajstić information content (AvgIpc) is 2.73. The minimum absolute atomic E-state index is 0.0855. The molecule has 1 aromatic rings. The van der Waals surface area contributed by atoms with Gasteiger partial charge < -0.3 is 10.1 Å². The first-order valence-corrected chi connectivity index (χ1v) is 8.26. The Morgan fingerprint density at radius 1 is 1.50 bits per heavy atom. The minimum atomic E-state index is -4.14. The van der Waals surface area contributed by atoms with Gasteiger partial charge in [0.15, 0.2) is 0 Å². The highest BCUT2D eigenvalue weighted by molar-refractivity contribution is 8.13.